The average molecular weight is 258 g/mol. The van der Waals surface area contributed by atoms with E-state index in [1.54, 1.807) is 18.5 Å². The van der Waals surface area contributed by atoms with Gasteiger partial charge in [0.15, 0.2) is 0 Å². The highest BCUT2D eigenvalue weighted by Crippen LogP contribution is 2.25. The van der Waals surface area contributed by atoms with Crippen molar-refractivity contribution in [3.8, 4) is 11.3 Å². The Hall–Kier alpha value is -2.20. The van der Waals surface area contributed by atoms with Crippen molar-refractivity contribution in [2.24, 2.45) is 0 Å². The normalized spacial score (nSPS) is 10.7. The van der Waals surface area contributed by atoms with Crippen molar-refractivity contribution < 1.29 is 0 Å². The summed E-state index contributed by atoms with van der Waals surface area (Å²) in [6.07, 6.45) is 3.31. The molecule has 0 aliphatic heterocycles. The molecule has 3 heterocycles. The van der Waals surface area contributed by atoms with E-state index in [9.17, 15) is 4.79 Å². The standard InChI is InChI=1S/C13H8ClN3O/c14-13-9-2-1-5-15-11(9)6-10(17-13)8-3-4-12(18)16-7-8/h1-7H,(H,16,18). The third kappa shape index (κ3) is 1.87. The van der Waals surface area contributed by atoms with Gasteiger partial charge in [-0.1, -0.05) is 11.6 Å². The van der Waals surface area contributed by atoms with Gasteiger partial charge in [-0.05, 0) is 24.3 Å². The zero-order chi connectivity index (χ0) is 12.5. The van der Waals surface area contributed by atoms with Gasteiger partial charge >= 0.3 is 0 Å². The number of H-pyrrole nitrogens is 1. The zero-order valence-electron chi connectivity index (χ0n) is 9.22. The summed E-state index contributed by atoms with van der Waals surface area (Å²) in [5.41, 5.74) is 2.11. The maximum Gasteiger partial charge on any atom is 0.247 e. The molecule has 0 bridgehead atoms. The van der Waals surface area contributed by atoms with Crippen LogP contribution in [-0.2, 0) is 0 Å². The van der Waals surface area contributed by atoms with E-state index in [-0.39, 0.29) is 5.56 Å². The molecule has 0 spiro atoms. The third-order valence-corrected chi connectivity index (χ3v) is 2.92. The summed E-state index contributed by atoms with van der Waals surface area (Å²) in [6, 6.07) is 8.68. The Morgan fingerprint density at radius 2 is 2.11 bits per heavy atom. The molecule has 3 aromatic heterocycles. The molecule has 0 radical (unpaired) electrons. The quantitative estimate of drug-likeness (QED) is 0.682. The minimum atomic E-state index is -0.149. The van der Waals surface area contributed by atoms with E-state index in [0.717, 1.165) is 16.5 Å². The fraction of sp³-hybridized carbons (Fsp3) is 0. The van der Waals surface area contributed by atoms with Gasteiger partial charge in [0.2, 0.25) is 5.56 Å². The van der Waals surface area contributed by atoms with Gasteiger partial charge in [-0.15, -0.1) is 0 Å². The zero-order valence-corrected chi connectivity index (χ0v) is 9.98. The first-order valence-corrected chi connectivity index (χ1v) is 5.72. The molecule has 0 saturated carbocycles. The second-order valence-electron chi connectivity index (χ2n) is 3.81. The Morgan fingerprint density at radius 1 is 1.22 bits per heavy atom. The van der Waals surface area contributed by atoms with E-state index in [1.807, 2.05) is 18.2 Å². The first kappa shape index (κ1) is 10.9. The monoisotopic (exact) mass is 257 g/mol. The van der Waals surface area contributed by atoms with Crippen molar-refractivity contribution in [1.82, 2.24) is 15.0 Å². The summed E-state index contributed by atoms with van der Waals surface area (Å²) in [4.78, 5) is 22.2. The van der Waals surface area contributed by atoms with Gasteiger partial charge in [-0.25, -0.2) is 4.98 Å². The van der Waals surface area contributed by atoms with Gasteiger partial charge in [0.1, 0.15) is 5.15 Å². The van der Waals surface area contributed by atoms with Gasteiger partial charge in [0.05, 0.1) is 11.2 Å². The summed E-state index contributed by atoms with van der Waals surface area (Å²) < 4.78 is 0. The summed E-state index contributed by atoms with van der Waals surface area (Å²) in [7, 11) is 0. The Labute approximate surface area is 107 Å². The molecule has 88 valence electrons. The number of aromatic nitrogens is 3. The van der Waals surface area contributed by atoms with Gasteiger partial charge in [-0.2, -0.15) is 0 Å². The fourth-order valence-electron chi connectivity index (χ4n) is 1.75. The van der Waals surface area contributed by atoms with Crippen LogP contribution in [0.25, 0.3) is 22.2 Å². The van der Waals surface area contributed by atoms with Crippen LogP contribution in [0.1, 0.15) is 0 Å². The van der Waals surface area contributed by atoms with Crippen LogP contribution >= 0.6 is 11.6 Å². The van der Waals surface area contributed by atoms with Crippen LogP contribution in [0.4, 0.5) is 0 Å². The first-order chi connectivity index (χ1) is 8.74. The molecule has 0 saturated heterocycles. The van der Waals surface area contributed by atoms with Crippen LogP contribution in [0, 0.1) is 0 Å². The maximum atomic E-state index is 11.0. The van der Waals surface area contributed by atoms with E-state index in [0.29, 0.717) is 10.8 Å². The molecule has 1 N–H and O–H groups in total. The van der Waals surface area contributed by atoms with Crippen LogP contribution in [0.3, 0.4) is 0 Å². The molecule has 0 unspecified atom stereocenters. The van der Waals surface area contributed by atoms with Crippen molar-refractivity contribution in [2.75, 3.05) is 0 Å². The van der Waals surface area contributed by atoms with E-state index in [4.69, 9.17) is 11.6 Å². The average Bonchev–Trinajstić information content (AvgIpc) is 2.39. The predicted octanol–water partition coefficient (Wildman–Crippen LogP) is 2.64. The molecular formula is C13H8ClN3O. The second-order valence-corrected chi connectivity index (χ2v) is 4.17. The van der Waals surface area contributed by atoms with E-state index >= 15 is 0 Å². The minimum Gasteiger partial charge on any atom is -0.328 e. The lowest BCUT2D eigenvalue weighted by Crippen LogP contribution is -2.01. The van der Waals surface area contributed by atoms with E-state index < -0.39 is 0 Å². The molecule has 0 atom stereocenters. The smallest absolute Gasteiger partial charge is 0.247 e. The lowest BCUT2D eigenvalue weighted by molar-refractivity contribution is 1.22. The minimum absolute atomic E-state index is 0.149. The van der Waals surface area contributed by atoms with E-state index in [2.05, 4.69) is 15.0 Å². The number of nitrogens with one attached hydrogen (secondary N) is 1. The second kappa shape index (κ2) is 4.23. The number of rotatable bonds is 1. The van der Waals surface area contributed by atoms with Crippen molar-refractivity contribution in [2.45, 2.75) is 0 Å². The first-order valence-electron chi connectivity index (χ1n) is 5.34. The molecule has 0 aliphatic rings. The highest BCUT2D eigenvalue weighted by molar-refractivity contribution is 6.34. The highest BCUT2D eigenvalue weighted by atomic mass is 35.5. The number of fused-ring (bicyclic) bond motifs is 1. The Bertz CT molecular complexity index is 762. The van der Waals surface area contributed by atoms with E-state index in [1.165, 1.54) is 6.07 Å². The summed E-state index contributed by atoms with van der Waals surface area (Å²) >= 11 is 6.12. The van der Waals surface area contributed by atoms with Crippen LogP contribution in [0.2, 0.25) is 5.15 Å². The predicted molar refractivity (Wildman–Crippen MR) is 70.6 cm³/mol. The topological polar surface area (TPSA) is 58.6 Å². The summed E-state index contributed by atoms with van der Waals surface area (Å²) in [5.74, 6) is 0. The van der Waals surface area contributed by atoms with Gasteiger partial charge in [0.25, 0.3) is 0 Å². The van der Waals surface area contributed by atoms with Crippen molar-refractivity contribution in [3.63, 3.8) is 0 Å². The fourth-order valence-corrected chi connectivity index (χ4v) is 2.00. The van der Waals surface area contributed by atoms with Crippen LogP contribution in [-0.4, -0.2) is 15.0 Å². The molecule has 18 heavy (non-hydrogen) atoms. The van der Waals surface area contributed by atoms with Crippen molar-refractivity contribution >= 4 is 22.5 Å². The largest absolute Gasteiger partial charge is 0.328 e. The molecule has 3 rings (SSSR count). The van der Waals surface area contributed by atoms with Gasteiger partial charge in [-0.3, -0.25) is 9.78 Å². The lowest BCUT2D eigenvalue weighted by atomic mass is 10.1. The van der Waals surface area contributed by atoms with Crippen molar-refractivity contribution in [3.05, 3.63) is 58.2 Å². The van der Waals surface area contributed by atoms with Crippen LogP contribution in [0.5, 0.6) is 0 Å². The Balaban J connectivity index is 2.24. The Morgan fingerprint density at radius 3 is 2.89 bits per heavy atom. The van der Waals surface area contributed by atoms with Crippen LogP contribution in [0.15, 0.2) is 47.5 Å². The number of aromatic amines is 1. The molecule has 4 nitrogen and oxygen atoms in total. The number of halogens is 1. The summed E-state index contributed by atoms with van der Waals surface area (Å²) in [5, 5.41) is 1.22. The number of hydrogen-bond donors (Lipinski definition) is 1. The molecular weight excluding hydrogens is 250 g/mol. The molecule has 5 heteroatoms. The number of nitrogens with zero attached hydrogens (tertiary/aromatic N) is 2. The van der Waals surface area contributed by atoms with Gasteiger partial charge in [0, 0.05) is 29.4 Å². The molecule has 0 fully saturated rings. The lowest BCUT2D eigenvalue weighted by Gasteiger charge is -2.04. The number of hydrogen-bond acceptors (Lipinski definition) is 3. The number of pyridine rings is 3. The third-order valence-electron chi connectivity index (χ3n) is 2.63. The summed E-state index contributed by atoms with van der Waals surface area (Å²) in [6.45, 7) is 0. The molecule has 0 aliphatic carbocycles. The van der Waals surface area contributed by atoms with Gasteiger partial charge < -0.3 is 4.98 Å². The molecule has 3 aromatic rings. The Kier molecular flexibility index (Phi) is 2.57. The van der Waals surface area contributed by atoms with Crippen LogP contribution < -0.4 is 5.56 Å². The maximum absolute atomic E-state index is 11.0. The molecule has 0 aromatic carbocycles. The van der Waals surface area contributed by atoms with Crippen molar-refractivity contribution in [1.29, 1.82) is 0 Å². The SMILES string of the molecule is O=c1ccc(-c2cc3ncccc3c(Cl)n2)c[nH]1. The molecule has 0 amide bonds. The highest BCUT2D eigenvalue weighted by Gasteiger charge is 2.06.